The Morgan fingerprint density at radius 3 is 2.85 bits per heavy atom. The summed E-state index contributed by atoms with van der Waals surface area (Å²) in [7, 11) is -3.70. The van der Waals surface area contributed by atoms with Crippen molar-refractivity contribution >= 4 is 44.0 Å². The predicted octanol–water partition coefficient (Wildman–Crippen LogP) is 3.10. The van der Waals surface area contributed by atoms with Crippen LogP contribution in [-0.4, -0.2) is 41.9 Å². The number of carbonyl (C=O) groups is 1. The van der Waals surface area contributed by atoms with Crippen LogP contribution in [0.2, 0.25) is 5.02 Å². The summed E-state index contributed by atoms with van der Waals surface area (Å²) in [6.45, 7) is 4.31. The van der Waals surface area contributed by atoms with E-state index in [4.69, 9.17) is 11.6 Å². The highest BCUT2D eigenvalue weighted by Crippen LogP contribution is 2.27. The van der Waals surface area contributed by atoms with Gasteiger partial charge in [-0.15, -0.1) is 10.2 Å². The summed E-state index contributed by atoms with van der Waals surface area (Å²) in [6, 6.07) is 4.70. The van der Waals surface area contributed by atoms with E-state index in [1.807, 2.05) is 13.8 Å². The first-order valence-corrected chi connectivity index (χ1v) is 11.3. The van der Waals surface area contributed by atoms with Gasteiger partial charge in [-0.25, -0.2) is 8.42 Å². The van der Waals surface area contributed by atoms with Crippen molar-refractivity contribution in [3.63, 3.8) is 0 Å². The number of rotatable bonds is 5. The zero-order chi connectivity index (χ0) is 19.6. The number of aryl methyl sites for hydroxylation is 2. The lowest BCUT2D eigenvalue weighted by atomic mass is 9.99. The number of anilines is 1. The fourth-order valence-corrected chi connectivity index (χ4v) is 5.39. The van der Waals surface area contributed by atoms with E-state index in [1.54, 1.807) is 12.1 Å². The molecule has 1 saturated heterocycles. The summed E-state index contributed by atoms with van der Waals surface area (Å²) in [6.07, 6.45) is 2.00. The van der Waals surface area contributed by atoms with Crippen LogP contribution in [-0.2, 0) is 21.2 Å². The number of halogens is 1. The van der Waals surface area contributed by atoms with Crippen molar-refractivity contribution in [2.45, 2.75) is 38.0 Å². The minimum absolute atomic E-state index is 0.138. The molecule has 1 aromatic heterocycles. The van der Waals surface area contributed by atoms with Gasteiger partial charge in [-0.2, -0.15) is 4.31 Å². The molecule has 1 aromatic carbocycles. The number of aromatic nitrogens is 2. The van der Waals surface area contributed by atoms with Gasteiger partial charge in [0, 0.05) is 18.1 Å². The molecule has 0 bridgehead atoms. The van der Waals surface area contributed by atoms with Gasteiger partial charge in [0.2, 0.25) is 21.1 Å². The van der Waals surface area contributed by atoms with E-state index in [2.05, 4.69) is 15.5 Å². The van der Waals surface area contributed by atoms with Crippen LogP contribution < -0.4 is 5.32 Å². The van der Waals surface area contributed by atoms with Crippen molar-refractivity contribution in [1.29, 1.82) is 0 Å². The molecule has 0 radical (unpaired) electrons. The number of hydrogen-bond acceptors (Lipinski definition) is 6. The van der Waals surface area contributed by atoms with Crippen molar-refractivity contribution in [1.82, 2.24) is 14.5 Å². The molecule has 3 rings (SSSR count). The number of piperidine rings is 1. The Balaban J connectivity index is 1.72. The first kappa shape index (κ1) is 20.2. The molecule has 1 aliphatic rings. The third kappa shape index (κ3) is 4.48. The molecule has 2 heterocycles. The second-order valence-corrected chi connectivity index (χ2v) is 9.86. The third-order valence-electron chi connectivity index (χ3n) is 4.54. The van der Waals surface area contributed by atoms with Gasteiger partial charge < -0.3 is 5.32 Å². The Morgan fingerprint density at radius 1 is 1.41 bits per heavy atom. The lowest BCUT2D eigenvalue weighted by Gasteiger charge is -2.31. The van der Waals surface area contributed by atoms with Gasteiger partial charge in [0.25, 0.3) is 0 Å². The molecule has 1 amide bonds. The van der Waals surface area contributed by atoms with Crippen molar-refractivity contribution in [2.24, 2.45) is 5.92 Å². The van der Waals surface area contributed by atoms with E-state index >= 15 is 0 Å². The first-order chi connectivity index (χ1) is 12.8. The van der Waals surface area contributed by atoms with Crippen LogP contribution in [0.3, 0.4) is 0 Å². The lowest BCUT2D eigenvalue weighted by Crippen LogP contribution is -2.43. The normalized spacial score (nSPS) is 18.4. The summed E-state index contributed by atoms with van der Waals surface area (Å²) in [4.78, 5) is 12.7. The number of sulfonamides is 1. The fourth-order valence-electron chi connectivity index (χ4n) is 2.91. The highest BCUT2D eigenvalue weighted by Gasteiger charge is 2.33. The maximum Gasteiger partial charge on any atom is 0.243 e. The zero-order valence-corrected chi connectivity index (χ0v) is 17.5. The van der Waals surface area contributed by atoms with Gasteiger partial charge >= 0.3 is 0 Å². The minimum atomic E-state index is -3.70. The zero-order valence-electron chi connectivity index (χ0n) is 15.1. The average Bonchev–Trinajstić information content (AvgIpc) is 3.11. The Labute approximate surface area is 167 Å². The summed E-state index contributed by atoms with van der Waals surface area (Å²) < 4.78 is 27.2. The molecular weight excluding hydrogens is 408 g/mol. The molecule has 10 heteroatoms. The number of hydrogen-bond donors (Lipinski definition) is 1. The Hall–Kier alpha value is -1.55. The summed E-state index contributed by atoms with van der Waals surface area (Å²) >= 11 is 7.41. The van der Waals surface area contributed by atoms with E-state index in [-0.39, 0.29) is 17.3 Å². The van der Waals surface area contributed by atoms with Crippen LogP contribution in [0.15, 0.2) is 23.1 Å². The van der Waals surface area contributed by atoms with Crippen LogP contribution in [0.5, 0.6) is 0 Å². The maximum absolute atomic E-state index is 12.9. The standard InChI is InChI=1S/C17H21ClN4O3S2/c1-3-15-20-21-17(26-15)19-16(23)12-5-4-8-22(10-12)27(24,25)13-7-6-11(2)14(18)9-13/h6-7,9,12H,3-5,8,10H2,1-2H3,(H,19,21,23). The second kappa shape index (κ2) is 8.22. The molecule has 0 aliphatic carbocycles. The third-order valence-corrected chi connectivity index (χ3v) is 7.79. The van der Waals surface area contributed by atoms with Crippen LogP contribution in [0, 0.1) is 12.8 Å². The fraction of sp³-hybridized carbons (Fsp3) is 0.471. The Bertz CT molecular complexity index is 945. The first-order valence-electron chi connectivity index (χ1n) is 8.70. The smallest absolute Gasteiger partial charge is 0.243 e. The van der Waals surface area contributed by atoms with Crippen molar-refractivity contribution in [3.05, 3.63) is 33.8 Å². The highest BCUT2D eigenvalue weighted by atomic mass is 35.5. The summed E-state index contributed by atoms with van der Waals surface area (Å²) in [5, 5.41) is 12.4. The quantitative estimate of drug-likeness (QED) is 0.789. The molecule has 1 unspecified atom stereocenters. The molecule has 1 atom stereocenters. The van der Waals surface area contributed by atoms with Gasteiger partial charge in [-0.05, 0) is 43.9 Å². The summed E-state index contributed by atoms with van der Waals surface area (Å²) in [5.41, 5.74) is 0.815. The van der Waals surface area contributed by atoms with E-state index in [0.29, 0.717) is 29.5 Å². The largest absolute Gasteiger partial charge is 0.300 e. The topological polar surface area (TPSA) is 92.3 Å². The SMILES string of the molecule is CCc1nnc(NC(=O)C2CCCN(S(=O)(=O)c3ccc(C)c(Cl)c3)C2)s1. The molecule has 27 heavy (non-hydrogen) atoms. The van der Waals surface area contributed by atoms with Crippen LogP contribution in [0.4, 0.5) is 5.13 Å². The van der Waals surface area contributed by atoms with E-state index in [9.17, 15) is 13.2 Å². The average molecular weight is 429 g/mol. The lowest BCUT2D eigenvalue weighted by molar-refractivity contribution is -0.120. The number of nitrogens with zero attached hydrogens (tertiary/aromatic N) is 3. The van der Waals surface area contributed by atoms with Crippen molar-refractivity contribution in [2.75, 3.05) is 18.4 Å². The molecule has 0 saturated carbocycles. The van der Waals surface area contributed by atoms with Gasteiger partial charge in [-0.3, -0.25) is 4.79 Å². The van der Waals surface area contributed by atoms with Crippen LogP contribution in [0.1, 0.15) is 30.3 Å². The van der Waals surface area contributed by atoms with Gasteiger partial charge in [-0.1, -0.05) is 35.9 Å². The van der Waals surface area contributed by atoms with E-state index in [0.717, 1.165) is 17.0 Å². The number of benzene rings is 1. The number of carbonyl (C=O) groups excluding carboxylic acids is 1. The minimum Gasteiger partial charge on any atom is -0.300 e. The Kier molecular flexibility index (Phi) is 6.15. The molecule has 1 fully saturated rings. The second-order valence-electron chi connectivity index (χ2n) is 6.46. The molecule has 7 nitrogen and oxygen atoms in total. The van der Waals surface area contributed by atoms with Gasteiger partial charge in [0.1, 0.15) is 5.01 Å². The van der Waals surface area contributed by atoms with Crippen molar-refractivity contribution < 1.29 is 13.2 Å². The van der Waals surface area contributed by atoms with Crippen LogP contribution in [0.25, 0.3) is 0 Å². The Morgan fingerprint density at radius 2 is 2.19 bits per heavy atom. The molecule has 0 spiro atoms. The molecular formula is C17H21ClN4O3S2. The predicted molar refractivity (Wildman–Crippen MR) is 106 cm³/mol. The number of amides is 1. The monoisotopic (exact) mass is 428 g/mol. The maximum atomic E-state index is 12.9. The summed E-state index contributed by atoms with van der Waals surface area (Å²) in [5.74, 6) is -0.654. The van der Waals surface area contributed by atoms with Crippen LogP contribution >= 0.6 is 22.9 Å². The van der Waals surface area contributed by atoms with E-state index < -0.39 is 15.9 Å². The number of nitrogens with one attached hydrogen (secondary N) is 1. The van der Waals surface area contributed by atoms with Gasteiger partial charge in [0.15, 0.2) is 0 Å². The van der Waals surface area contributed by atoms with Gasteiger partial charge in [0.05, 0.1) is 10.8 Å². The molecule has 1 aliphatic heterocycles. The molecule has 1 N–H and O–H groups in total. The molecule has 2 aromatic rings. The highest BCUT2D eigenvalue weighted by molar-refractivity contribution is 7.89. The van der Waals surface area contributed by atoms with Crippen molar-refractivity contribution in [3.8, 4) is 0 Å². The molecule has 146 valence electrons. The van der Waals surface area contributed by atoms with E-state index in [1.165, 1.54) is 21.7 Å².